The van der Waals surface area contributed by atoms with Crippen LogP contribution < -0.4 is 20.7 Å². The zero-order valence-electron chi connectivity index (χ0n) is 18.8. The van der Waals surface area contributed by atoms with Crippen molar-refractivity contribution in [3.05, 3.63) is 29.3 Å². The largest absolute Gasteiger partial charge is 0.491 e. The molecule has 1 saturated carbocycles. The monoisotopic (exact) mass is 418 g/mol. The number of nitrogens with one attached hydrogen (secondary N) is 3. The van der Waals surface area contributed by atoms with Gasteiger partial charge in [0, 0.05) is 37.7 Å². The first kappa shape index (κ1) is 24.0. The Morgan fingerprint density at radius 1 is 1.17 bits per heavy atom. The highest BCUT2D eigenvalue weighted by molar-refractivity contribution is 5.81. The number of carbonyl (C=O) groups is 1. The lowest BCUT2D eigenvalue weighted by Gasteiger charge is -2.15. The number of aliphatic imine (C=N–C) groups is 1. The number of carbonyl (C=O) groups excluding carboxylic acids is 1. The fourth-order valence-corrected chi connectivity index (χ4v) is 3.45. The van der Waals surface area contributed by atoms with Gasteiger partial charge in [0.2, 0.25) is 5.91 Å². The summed E-state index contributed by atoms with van der Waals surface area (Å²) in [6.07, 6.45) is 5.09. The van der Waals surface area contributed by atoms with Gasteiger partial charge in [-0.1, -0.05) is 25.0 Å². The molecule has 0 spiro atoms. The number of benzene rings is 1. The van der Waals surface area contributed by atoms with Crippen LogP contribution in [0.5, 0.6) is 5.75 Å². The van der Waals surface area contributed by atoms with Gasteiger partial charge in [-0.25, -0.2) is 4.99 Å². The fourth-order valence-electron chi connectivity index (χ4n) is 3.45. The number of hydrogen-bond acceptors (Lipinski definition) is 4. The summed E-state index contributed by atoms with van der Waals surface area (Å²) in [6, 6.07) is 6.51. The Balaban J connectivity index is 1.86. The molecule has 1 aliphatic carbocycles. The first-order valence-corrected chi connectivity index (χ1v) is 11.2. The van der Waals surface area contributed by atoms with Gasteiger partial charge in [0.25, 0.3) is 0 Å². The van der Waals surface area contributed by atoms with Crippen molar-refractivity contribution in [1.82, 2.24) is 16.0 Å². The van der Waals surface area contributed by atoms with Gasteiger partial charge in [0.1, 0.15) is 12.4 Å². The van der Waals surface area contributed by atoms with Crippen LogP contribution in [0, 0.1) is 6.92 Å². The van der Waals surface area contributed by atoms with Gasteiger partial charge >= 0.3 is 0 Å². The molecular formula is C23H38N4O3. The first-order valence-electron chi connectivity index (χ1n) is 11.2. The molecule has 0 heterocycles. The van der Waals surface area contributed by atoms with E-state index in [-0.39, 0.29) is 5.91 Å². The van der Waals surface area contributed by atoms with Gasteiger partial charge in [-0.15, -0.1) is 0 Å². The number of amides is 1. The van der Waals surface area contributed by atoms with Crippen molar-refractivity contribution in [2.75, 3.05) is 32.9 Å². The van der Waals surface area contributed by atoms with E-state index >= 15 is 0 Å². The maximum Gasteiger partial charge on any atom is 0.221 e. The SMILES string of the molecule is CCNC(=NCc1ccc(C)cc1OCCOCC)NCCC(=O)NC1CCCC1. The predicted molar refractivity (Wildman–Crippen MR) is 121 cm³/mol. The number of guanidine groups is 1. The normalized spacial score (nSPS) is 14.6. The van der Waals surface area contributed by atoms with Gasteiger partial charge in [-0.2, -0.15) is 0 Å². The maximum atomic E-state index is 12.1. The van der Waals surface area contributed by atoms with E-state index in [1.165, 1.54) is 12.8 Å². The topological polar surface area (TPSA) is 84.0 Å². The van der Waals surface area contributed by atoms with Crippen LogP contribution in [0.15, 0.2) is 23.2 Å². The van der Waals surface area contributed by atoms with E-state index in [1.54, 1.807) is 0 Å². The number of hydrogen-bond donors (Lipinski definition) is 3. The Bertz CT molecular complexity index is 672. The third-order valence-corrected chi connectivity index (χ3v) is 5.03. The highest BCUT2D eigenvalue weighted by Crippen LogP contribution is 2.21. The minimum atomic E-state index is 0.105. The second-order valence-corrected chi connectivity index (χ2v) is 7.58. The minimum Gasteiger partial charge on any atom is -0.491 e. The summed E-state index contributed by atoms with van der Waals surface area (Å²) in [5.41, 5.74) is 2.17. The van der Waals surface area contributed by atoms with Crippen molar-refractivity contribution in [2.24, 2.45) is 4.99 Å². The molecule has 0 unspecified atom stereocenters. The summed E-state index contributed by atoms with van der Waals surface area (Å²) in [5.74, 6) is 1.64. The van der Waals surface area contributed by atoms with Crippen molar-refractivity contribution in [1.29, 1.82) is 0 Å². The molecule has 1 aromatic rings. The Morgan fingerprint density at radius 3 is 2.70 bits per heavy atom. The minimum absolute atomic E-state index is 0.105. The average Bonchev–Trinajstić information content (AvgIpc) is 3.23. The van der Waals surface area contributed by atoms with Gasteiger partial charge in [-0.05, 0) is 45.2 Å². The molecular weight excluding hydrogens is 380 g/mol. The number of aryl methyl sites for hydroxylation is 1. The first-order chi connectivity index (χ1) is 14.6. The fraction of sp³-hybridized carbons (Fsp3) is 0.652. The van der Waals surface area contributed by atoms with Gasteiger partial charge in [-0.3, -0.25) is 4.79 Å². The average molecular weight is 419 g/mol. The van der Waals surface area contributed by atoms with E-state index in [2.05, 4.69) is 27.0 Å². The molecule has 1 amide bonds. The second kappa shape index (κ2) is 13.9. The molecule has 0 atom stereocenters. The maximum absolute atomic E-state index is 12.1. The molecule has 2 rings (SSSR count). The Morgan fingerprint density at radius 2 is 1.97 bits per heavy atom. The van der Waals surface area contributed by atoms with Crippen molar-refractivity contribution < 1.29 is 14.3 Å². The van der Waals surface area contributed by atoms with E-state index in [9.17, 15) is 4.79 Å². The molecule has 7 heteroatoms. The molecule has 0 bridgehead atoms. The molecule has 0 aromatic heterocycles. The van der Waals surface area contributed by atoms with Crippen molar-refractivity contribution >= 4 is 11.9 Å². The lowest BCUT2D eigenvalue weighted by Crippen LogP contribution is -2.40. The van der Waals surface area contributed by atoms with E-state index in [1.807, 2.05) is 32.9 Å². The lowest BCUT2D eigenvalue weighted by molar-refractivity contribution is -0.121. The van der Waals surface area contributed by atoms with Crippen LogP contribution in [0.25, 0.3) is 0 Å². The van der Waals surface area contributed by atoms with Crippen LogP contribution in [0.2, 0.25) is 0 Å². The lowest BCUT2D eigenvalue weighted by atomic mass is 10.1. The summed E-state index contributed by atoms with van der Waals surface area (Å²) in [6.45, 7) is 9.62. The van der Waals surface area contributed by atoms with E-state index < -0.39 is 0 Å². The third-order valence-electron chi connectivity index (χ3n) is 5.03. The van der Waals surface area contributed by atoms with Crippen LogP contribution in [-0.2, 0) is 16.1 Å². The quantitative estimate of drug-likeness (QED) is 0.276. The molecule has 30 heavy (non-hydrogen) atoms. The molecule has 1 aromatic carbocycles. The van der Waals surface area contributed by atoms with Crippen molar-refractivity contribution in [3.63, 3.8) is 0 Å². The Labute approximate surface area is 181 Å². The standard InChI is InChI=1S/C23H38N4O3/c1-4-24-23(25-13-12-22(28)27-20-8-6-7-9-20)26-17-19-11-10-18(3)16-21(19)30-15-14-29-5-2/h10-11,16,20H,4-9,12-15,17H2,1-3H3,(H,27,28)(H2,24,25,26). The Hall–Kier alpha value is -2.28. The van der Waals surface area contributed by atoms with Crippen LogP contribution >= 0.6 is 0 Å². The smallest absolute Gasteiger partial charge is 0.221 e. The molecule has 0 saturated heterocycles. The highest BCUT2D eigenvalue weighted by atomic mass is 16.5. The van der Waals surface area contributed by atoms with Gasteiger partial charge < -0.3 is 25.4 Å². The number of ether oxygens (including phenoxy) is 2. The molecule has 0 aliphatic heterocycles. The van der Waals surface area contributed by atoms with E-state index in [4.69, 9.17) is 9.47 Å². The zero-order valence-corrected chi connectivity index (χ0v) is 18.8. The second-order valence-electron chi connectivity index (χ2n) is 7.58. The molecule has 0 radical (unpaired) electrons. The van der Waals surface area contributed by atoms with Gasteiger partial charge in [0.05, 0.1) is 13.2 Å². The zero-order chi connectivity index (χ0) is 21.6. The van der Waals surface area contributed by atoms with Crippen molar-refractivity contribution in [3.8, 4) is 5.75 Å². The number of nitrogens with zero attached hydrogens (tertiary/aromatic N) is 1. The highest BCUT2D eigenvalue weighted by Gasteiger charge is 2.16. The summed E-state index contributed by atoms with van der Waals surface area (Å²) < 4.78 is 11.3. The predicted octanol–water partition coefficient (Wildman–Crippen LogP) is 2.91. The van der Waals surface area contributed by atoms with Crippen LogP contribution in [-0.4, -0.2) is 50.8 Å². The molecule has 1 aliphatic rings. The van der Waals surface area contributed by atoms with E-state index in [0.29, 0.717) is 51.3 Å². The third kappa shape index (κ3) is 9.03. The van der Waals surface area contributed by atoms with Crippen LogP contribution in [0.3, 0.4) is 0 Å². The molecule has 3 N–H and O–H groups in total. The summed E-state index contributed by atoms with van der Waals surface area (Å²) in [4.78, 5) is 16.8. The summed E-state index contributed by atoms with van der Waals surface area (Å²) in [7, 11) is 0. The molecule has 1 fully saturated rings. The summed E-state index contributed by atoms with van der Waals surface area (Å²) in [5, 5.41) is 9.61. The summed E-state index contributed by atoms with van der Waals surface area (Å²) >= 11 is 0. The molecule has 7 nitrogen and oxygen atoms in total. The number of rotatable bonds is 12. The van der Waals surface area contributed by atoms with E-state index in [0.717, 1.165) is 36.3 Å². The van der Waals surface area contributed by atoms with Crippen LogP contribution in [0.4, 0.5) is 0 Å². The van der Waals surface area contributed by atoms with Crippen molar-refractivity contribution in [2.45, 2.75) is 65.5 Å². The Kier molecular flexibility index (Phi) is 11.1. The van der Waals surface area contributed by atoms with Gasteiger partial charge in [0.15, 0.2) is 5.96 Å². The molecule has 168 valence electrons. The van der Waals surface area contributed by atoms with Crippen LogP contribution in [0.1, 0.15) is 57.1 Å².